The van der Waals surface area contributed by atoms with Crippen LogP contribution in [0.25, 0.3) is 10.6 Å². The summed E-state index contributed by atoms with van der Waals surface area (Å²) in [6.07, 6.45) is 2.23. The van der Waals surface area contributed by atoms with Gasteiger partial charge in [-0.25, -0.2) is 4.98 Å². The number of hydrogen-bond acceptors (Lipinski definition) is 4. The number of carbonyl (C=O) groups is 2. The van der Waals surface area contributed by atoms with Crippen LogP contribution in [-0.4, -0.2) is 40.8 Å². The molecule has 31 heavy (non-hydrogen) atoms. The van der Waals surface area contributed by atoms with Gasteiger partial charge in [0.1, 0.15) is 11.0 Å². The van der Waals surface area contributed by atoms with Crippen LogP contribution >= 0.6 is 11.3 Å². The van der Waals surface area contributed by atoms with Gasteiger partial charge in [-0.05, 0) is 38.8 Å². The fraction of sp³-hybridized carbons (Fsp3) is 0.320. The van der Waals surface area contributed by atoms with Gasteiger partial charge in [0.05, 0.1) is 5.69 Å². The van der Waals surface area contributed by atoms with Gasteiger partial charge in [-0.1, -0.05) is 47.5 Å². The first-order valence-electron chi connectivity index (χ1n) is 10.7. The molecule has 2 aromatic carbocycles. The van der Waals surface area contributed by atoms with Gasteiger partial charge in [-0.3, -0.25) is 9.59 Å². The van der Waals surface area contributed by atoms with Crippen molar-refractivity contribution >= 4 is 23.2 Å². The van der Waals surface area contributed by atoms with E-state index in [9.17, 15) is 9.59 Å². The molecule has 4 rings (SSSR count). The van der Waals surface area contributed by atoms with Crippen LogP contribution < -0.4 is 5.32 Å². The molecule has 0 spiro atoms. The molecule has 1 N–H and O–H groups in total. The summed E-state index contributed by atoms with van der Waals surface area (Å²) >= 11 is 1.61. The molecule has 1 aliphatic heterocycles. The summed E-state index contributed by atoms with van der Waals surface area (Å²) in [7, 11) is 0. The number of aryl methyl sites for hydroxylation is 2. The van der Waals surface area contributed by atoms with Gasteiger partial charge in [0, 0.05) is 36.0 Å². The summed E-state index contributed by atoms with van der Waals surface area (Å²) in [6.45, 7) is 5.11. The van der Waals surface area contributed by atoms with E-state index in [1.165, 1.54) is 0 Å². The van der Waals surface area contributed by atoms with E-state index in [4.69, 9.17) is 0 Å². The van der Waals surface area contributed by atoms with Crippen molar-refractivity contribution in [1.29, 1.82) is 0 Å². The summed E-state index contributed by atoms with van der Waals surface area (Å²) in [6, 6.07) is 15.5. The number of nitrogens with zero attached hydrogens (tertiary/aromatic N) is 2. The Bertz CT molecular complexity index is 1060. The highest BCUT2D eigenvalue weighted by Crippen LogP contribution is 2.24. The Morgan fingerprint density at radius 2 is 1.87 bits per heavy atom. The molecule has 2 amide bonds. The molecular weight excluding hydrogens is 406 g/mol. The van der Waals surface area contributed by atoms with Crippen LogP contribution in [-0.2, 0) is 11.2 Å². The van der Waals surface area contributed by atoms with Crippen molar-refractivity contribution in [2.45, 2.75) is 39.2 Å². The lowest BCUT2D eigenvalue weighted by Gasteiger charge is -2.24. The molecule has 1 aromatic heterocycles. The second-order valence-corrected chi connectivity index (χ2v) is 8.94. The maximum absolute atomic E-state index is 13.0. The summed E-state index contributed by atoms with van der Waals surface area (Å²) in [5.74, 6) is -0.134. The number of benzene rings is 2. The smallest absolute Gasteiger partial charge is 0.254 e. The first-order chi connectivity index (χ1) is 15.0. The Balaban J connectivity index is 1.34. The van der Waals surface area contributed by atoms with Crippen LogP contribution in [0.5, 0.6) is 0 Å². The molecular formula is C25H27N3O2S. The molecule has 160 valence electrons. The van der Waals surface area contributed by atoms with Crippen molar-refractivity contribution in [3.05, 3.63) is 76.3 Å². The third kappa shape index (κ3) is 5.02. The van der Waals surface area contributed by atoms with E-state index in [1.54, 1.807) is 16.2 Å². The van der Waals surface area contributed by atoms with E-state index in [-0.39, 0.29) is 11.8 Å². The van der Waals surface area contributed by atoms with Gasteiger partial charge in [-0.2, -0.15) is 0 Å². The molecule has 1 atom stereocenters. The number of hydrogen-bond donors (Lipinski definition) is 1. The van der Waals surface area contributed by atoms with Gasteiger partial charge in [0.25, 0.3) is 5.91 Å². The Hall–Kier alpha value is -2.99. The summed E-state index contributed by atoms with van der Waals surface area (Å²) in [5.41, 5.74) is 4.85. The monoisotopic (exact) mass is 433 g/mol. The number of aromatic nitrogens is 1. The lowest BCUT2D eigenvalue weighted by molar-refractivity contribution is -0.124. The maximum Gasteiger partial charge on any atom is 0.254 e. The largest absolute Gasteiger partial charge is 0.354 e. The molecule has 0 saturated carbocycles. The average molecular weight is 434 g/mol. The van der Waals surface area contributed by atoms with Crippen LogP contribution in [0, 0.1) is 13.8 Å². The Morgan fingerprint density at radius 3 is 2.61 bits per heavy atom. The van der Waals surface area contributed by atoms with Crippen LogP contribution in [0.15, 0.2) is 53.9 Å². The van der Waals surface area contributed by atoms with Gasteiger partial charge in [0.15, 0.2) is 0 Å². The second-order valence-electron chi connectivity index (χ2n) is 8.08. The zero-order chi connectivity index (χ0) is 21.8. The molecule has 0 aliphatic carbocycles. The lowest BCUT2D eigenvalue weighted by Crippen LogP contribution is -2.46. The Labute approximate surface area is 187 Å². The molecule has 1 fully saturated rings. The van der Waals surface area contributed by atoms with Crippen LogP contribution in [0.3, 0.4) is 0 Å². The van der Waals surface area contributed by atoms with Crippen molar-refractivity contribution in [2.75, 3.05) is 13.1 Å². The standard InChI is InChI=1S/C25H27N3O2S/c1-17-13-18(2)15-20(14-17)25(30)28-12-6-9-22(28)23(29)26-11-10-21-16-31-24(27-21)19-7-4-3-5-8-19/h3-5,7-8,13-16,22H,6,9-12H2,1-2H3,(H,26,29)/t22-/m1/s1. The number of carbonyl (C=O) groups excluding carboxylic acids is 2. The van der Waals surface area contributed by atoms with Crippen molar-refractivity contribution < 1.29 is 9.59 Å². The van der Waals surface area contributed by atoms with Crippen molar-refractivity contribution in [3.63, 3.8) is 0 Å². The zero-order valence-electron chi connectivity index (χ0n) is 17.9. The van der Waals surface area contributed by atoms with Crippen molar-refractivity contribution in [3.8, 4) is 10.6 Å². The number of rotatable bonds is 6. The van der Waals surface area contributed by atoms with E-state index < -0.39 is 6.04 Å². The third-order valence-corrected chi connectivity index (χ3v) is 6.48. The fourth-order valence-electron chi connectivity index (χ4n) is 4.11. The van der Waals surface area contributed by atoms with Gasteiger partial charge >= 0.3 is 0 Å². The first-order valence-corrected chi connectivity index (χ1v) is 11.6. The summed E-state index contributed by atoms with van der Waals surface area (Å²) < 4.78 is 0. The van der Waals surface area contributed by atoms with E-state index in [2.05, 4.69) is 10.3 Å². The minimum atomic E-state index is -0.399. The van der Waals surface area contributed by atoms with Crippen molar-refractivity contribution in [2.24, 2.45) is 0 Å². The van der Waals surface area contributed by atoms with Gasteiger partial charge in [0.2, 0.25) is 5.91 Å². The fourth-order valence-corrected chi connectivity index (χ4v) is 4.97. The normalized spacial score (nSPS) is 15.8. The van der Waals surface area contributed by atoms with Crippen LogP contribution in [0.1, 0.15) is 40.0 Å². The highest BCUT2D eigenvalue weighted by atomic mass is 32.1. The van der Waals surface area contributed by atoms with E-state index in [0.717, 1.165) is 33.8 Å². The highest BCUT2D eigenvalue weighted by molar-refractivity contribution is 7.13. The molecule has 1 saturated heterocycles. The third-order valence-electron chi connectivity index (χ3n) is 5.54. The van der Waals surface area contributed by atoms with E-state index in [1.807, 2.05) is 67.8 Å². The number of amides is 2. The predicted octanol–water partition coefficient (Wildman–Crippen LogP) is 4.39. The Kier molecular flexibility index (Phi) is 6.47. The lowest BCUT2D eigenvalue weighted by atomic mass is 10.1. The predicted molar refractivity (Wildman–Crippen MR) is 124 cm³/mol. The van der Waals surface area contributed by atoms with Gasteiger partial charge < -0.3 is 10.2 Å². The minimum Gasteiger partial charge on any atom is -0.354 e. The quantitative estimate of drug-likeness (QED) is 0.627. The molecule has 0 unspecified atom stereocenters. The summed E-state index contributed by atoms with van der Waals surface area (Å²) in [5, 5.41) is 6.04. The Morgan fingerprint density at radius 1 is 1.13 bits per heavy atom. The van der Waals surface area contributed by atoms with E-state index in [0.29, 0.717) is 31.5 Å². The molecule has 3 aromatic rings. The molecule has 0 radical (unpaired) electrons. The maximum atomic E-state index is 13.0. The number of thiazole rings is 1. The zero-order valence-corrected chi connectivity index (χ0v) is 18.7. The topological polar surface area (TPSA) is 62.3 Å². The van der Waals surface area contributed by atoms with Crippen molar-refractivity contribution in [1.82, 2.24) is 15.2 Å². The van der Waals surface area contributed by atoms with Crippen LogP contribution in [0.2, 0.25) is 0 Å². The van der Waals surface area contributed by atoms with Crippen LogP contribution in [0.4, 0.5) is 0 Å². The SMILES string of the molecule is Cc1cc(C)cc(C(=O)N2CCC[C@@H]2C(=O)NCCc2csc(-c3ccccc3)n2)c1. The number of likely N-dealkylation sites (tertiary alicyclic amines) is 1. The second kappa shape index (κ2) is 9.43. The molecule has 1 aliphatic rings. The highest BCUT2D eigenvalue weighted by Gasteiger charge is 2.34. The average Bonchev–Trinajstić information content (AvgIpc) is 3.43. The number of nitrogens with one attached hydrogen (secondary N) is 1. The minimum absolute atomic E-state index is 0.0588. The molecule has 5 nitrogen and oxygen atoms in total. The van der Waals surface area contributed by atoms with Gasteiger partial charge in [-0.15, -0.1) is 11.3 Å². The molecule has 6 heteroatoms. The first kappa shape index (κ1) is 21.2. The molecule has 2 heterocycles. The summed E-state index contributed by atoms with van der Waals surface area (Å²) in [4.78, 5) is 32.3. The van der Waals surface area contributed by atoms with E-state index >= 15 is 0 Å². The molecule has 0 bridgehead atoms.